The van der Waals surface area contributed by atoms with Gasteiger partial charge in [-0.05, 0) is 37.3 Å². The van der Waals surface area contributed by atoms with Crippen LogP contribution in [0.5, 0.6) is 11.5 Å². The zero-order valence-corrected chi connectivity index (χ0v) is 14.6. The Kier molecular flexibility index (Phi) is 5.92. The van der Waals surface area contributed by atoms with Crippen LogP contribution in [0, 0.1) is 5.82 Å². The maximum absolute atomic E-state index is 13.7. The number of amides is 1. The molecule has 0 fully saturated rings. The van der Waals surface area contributed by atoms with E-state index in [-0.39, 0.29) is 23.8 Å². The lowest BCUT2D eigenvalue weighted by molar-refractivity contribution is -0.118. The summed E-state index contributed by atoms with van der Waals surface area (Å²) in [4.78, 5) is 23.5. The van der Waals surface area contributed by atoms with E-state index in [2.05, 4.69) is 21.2 Å². The van der Waals surface area contributed by atoms with Crippen molar-refractivity contribution in [2.45, 2.75) is 6.92 Å². The first-order valence-corrected chi connectivity index (χ1v) is 7.76. The van der Waals surface area contributed by atoms with Gasteiger partial charge in [0.25, 0.3) is 5.91 Å². The summed E-state index contributed by atoms with van der Waals surface area (Å²) in [7, 11) is 1.48. The highest BCUT2D eigenvalue weighted by atomic mass is 79.9. The number of methoxy groups -OCH3 is 1. The third-order valence-corrected chi connectivity index (χ3v) is 3.63. The second-order valence-corrected chi connectivity index (χ2v) is 5.79. The van der Waals surface area contributed by atoms with Crippen molar-refractivity contribution in [3.8, 4) is 11.5 Å². The Morgan fingerprint density at radius 2 is 1.96 bits per heavy atom. The van der Waals surface area contributed by atoms with Gasteiger partial charge in [-0.15, -0.1) is 0 Å². The van der Waals surface area contributed by atoms with Crippen LogP contribution >= 0.6 is 15.9 Å². The molecule has 2 aromatic rings. The van der Waals surface area contributed by atoms with Crippen molar-refractivity contribution in [1.29, 1.82) is 0 Å². The maximum Gasteiger partial charge on any atom is 0.262 e. The molecule has 0 spiro atoms. The molecule has 0 aliphatic rings. The number of halogens is 2. The van der Waals surface area contributed by atoms with Crippen LogP contribution in [0.2, 0.25) is 0 Å². The van der Waals surface area contributed by atoms with Gasteiger partial charge in [0.1, 0.15) is 17.3 Å². The van der Waals surface area contributed by atoms with Gasteiger partial charge in [0, 0.05) is 10.5 Å². The van der Waals surface area contributed by atoms with E-state index >= 15 is 0 Å². The van der Waals surface area contributed by atoms with E-state index in [1.165, 1.54) is 32.2 Å². The number of Topliss-reactive ketones (excluding diaryl/α,β-unsaturated/α-hetero) is 1. The minimum Gasteiger partial charge on any atom is -0.497 e. The summed E-state index contributed by atoms with van der Waals surface area (Å²) in [5, 5.41) is 2.41. The van der Waals surface area contributed by atoms with Crippen molar-refractivity contribution in [2.75, 3.05) is 19.0 Å². The molecule has 126 valence electrons. The minimum absolute atomic E-state index is 0.0456. The van der Waals surface area contributed by atoms with Crippen molar-refractivity contribution in [3.63, 3.8) is 0 Å². The van der Waals surface area contributed by atoms with Crippen LogP contribution in [0.1, 0.15) is 17.3 Å². The molecule has 1 N–H and O–H groups in total. The Labute approximate surface area is 146 Å². The first-order valence-electron chi connectivity index (χ1n) is 6.97. The molecule has 0 atom stereocenters. The van der Waals surface area contributed by atoms with Crippen LogP contribution < -0.4 is 14.8 Å². The predicted molar refractivity (Wildman–Crippen MR) is 91.2 cm³/mol. The van der Waals surface area contributed by atoms with Crippen molar-refractivity contribution in [1.82, 2.24) is 0 Å². The summed E-state index contributed by atoms with van der Waals surface area (Å²) >= 11 is 3.14. The number of benzene rings is 2. The summed E-state index contributed by atoms with van der Waals surface area (Å²) in [5.41, 5.74) is 0.377. The average molecular weight is 396 g/mol. The summed E-state index contributed by atoms with van der Waals surface area (Å²) in [6.07, 6.45) is 0. The van der Waals surface area contributed by atoms with Gasteiger partial charge >= 0.3 is 0 Å². The molecule has 0 radical (unpaired) electrons. The van der Waals surface area contributed by atoms with E-state index < -0.39 is 11.7 Å². The number of ether oxygens (including phenoxy) is 2. The number of carbonyl (C=O) groups excluding carboxylic acids is 2. The fourth-order valence-corrected chi connectivity index (χ4v) is 2.29. The largest absolute Gasteiger partial charge is 0.497 e. The molecule has 24 heavy (non-hydrogen) atoms. The third-order valence-electron chi connectivity index (χ3n) is 3.13. The lowest BCUT2D eigenvalue weighted by Crippen LogP contribution is -2.21. The quantitative estimate of drug-likeness (QED) is 0.755. The molecular formula is C17H15BrFNO4. The summed E-state index contributed by atoms with van der Waals surface area (Å²) in [6, 6.07) is 8.99. The topological polar surface area (TPSA) is 64.6 Å². The number of carbonyl (C=O) groups is 2. The summed E-state index contributed by atoms with van der Waals surface area (Å²) in [5.74, 6) is -0.591. The first-order chi connectivity index (χ1) is 11.4. The Hall–Kier alpha value is -2.41. The van der Waals surface area contributed by atoms with Crippen LogP contribution in [-0.4, -0.2) is 25.4 Å². The molecule has 0 bridgehead atoms. The van der Waals surface area contributed by atoms with Gasteiger partial charge in [-0.1, -0.05) is 15.9 Å². The molecule has 2 aromatic carbocycles. The molecule has 0 saturated heterocycles. The third kappa shape index (κ3) is 4.55. The SMILES string of the molecule is COc1ccc(C(C)=O)c(OCC(=O)Nc2ccc(Br)cc2F)c1. The molecule has 0 aromatic heterocycles. The second kappa shape index (κ2) is 7.92. The molecule has 0 saturated carbocycles. The zero-order chi connectivity index (χ0) is 17.7. The van der Waals surface area contributed by atoms with E-state index in [9.17, 15) is 14.0 Å². The summed E-state index contributed by atoms with van der Waals surface area (Å²) < 4.78 is 24.7. The molecule has 7 heteroatoms. The van der Waals surface area contributed by atoms with Crippen LogP contribution in [0.4, 0.5) is 10.1 Å². The van der Waals surface area contributed by atoms with E-state index in [0.717, 1.165) is 0 Å². The predicted octanol–water partition coefficient (Wildman–Crippen LogP) is 3.82. The zero-order valence-electron chi connectivity index (χ0n) is 13.1. The number of anilines is 1. The highest BCUT2D eigenvalue weighted by Gasteiger charge is 2.13. The summed E-state index contributed by atoms with van der Waals surface area (Å²) in [6.45, 7) is 1.02. The van der Waals surface area contributed by atoms with Gasteiger partial charge in [0.15, 0.2) is 12.4 Å². The van der Waals surface area contributed by atoms with Crippen molar-refractivity contribution < 1.29 is 23.5 Å². The lowest BCUT2D eigenvalue weighted by atomic mass is 10.1. The van der Waals surface area contributed by atoms with Crippen molar-refractivity contribution in [3.05, 3.63) is 52.3 Å². The molecule has 1 amide bonds. The fraction of sp³-hybridized carbons (Fsp3) is 0.176. The van der Waals surface area contributed by atoms with Gasteiger partial charge in [-0.3, -0.25) is 9.59 Å². The molecule has 0 heterocycles. The Morgan fingerprint density at radius 1 is 1.21 bits per heavy atom. The first kappa shape index (κ1) is 17.9. The van der Waals surface area contributed by atoms with E-state index in [1.54, 1.807) is 18.2 Å². The smallest absolute Gasteiger partial charge is 0.262 e. The molecule has 2 rings (SSSR count). The number of hydrogen-bond acceptors (Lipinski definition) is 4. The number of ketones is 1. The normalized spacial score (nSPS) is 10.2. The molecular weight excluding hydrogens is 381 g/mol. The van der Waals surface area contributed by atoms with Gasteiger partial charge in [0.05, 0.1) is 18.4 Å². The molecule has 0 unspecified atom stereocenters. The number of nitrogens with one attached hydrogen (secondary N) is 1. The van der Waals surface area contributed by atoms with Crippen LogP contribution in [0.25, 0.3) is 0 Å². The number of hydrogen-bond donors (Lipinski definition) is 1. The number of rotatable bonds is 6. The highest BCUT2D eigenvalue weighted by molar-refractivity contribution is 9.10. The molecule has 5 nitrogen and oxygen atoms in total. The van der Waals surface area contributed by atoms with Gasteiger partial charge in [-0.2, -0.15) is 0 Å². The van der Waals surface area contributed by atoms with E-state index in [0.29, 0.717) is 15.8 Å². The minimum atomic E-state index is -0.566. The standard InChI is InChI=1S/C17H15BrFNO4/c1-10(21)13-5-4-12(23-2)8-16(13)24-9-17(22)20-15-6-3-11(18)7-14(15)19/h3-8H,9H2,1-2H3,(H,20,22). The second-order valence-electron chi connectivity index (χ2n) is 4.88. The lowest BCUT2D eigenvalue weighted by Gasteiger charge is -2.12. The van der Waals surface area contributed by atoms with Crippen molar-refractivity contribution in [2.24, 2.45) is 0 Å². The molecule has 0 aliphatic heterocycles. The Bertz CT molecular complexity index is 779. The van der Waals surface area contributed by atoms with E-state index in [1.807, 2.05) is 0 Å². The molecule has 0 aliphatic carbocycles. The van der Waals surface area contributed by atoms with Crippen LogP contribution in [-0.2, 0) is 4.79 Å². The fourth-order valence-electron chi connectivity index (χ4n) is 1.96. The van der Waals surface area contributed by atoms with E-state index in [4.69, 9.17) is 9.47 Å². The Morgan fingerprint density at radius 3 is 2.58 bits per heavy atom. The van der Waals surface area contributed by atoms with Crippen LogP contribution in [0.3, 0.4) is 0 Å². The Balaban J connectivity index is 2.07. The monoisotopic (exact) mass is 395 g/mol. The van der Waals surface area contributed by atoms with Gasteiger partial charge in [0.2, 0.25) is 0 Å². The average Bonchev–Trinajstić information content (AvgIpc) is 2.55. The van der Waals surface area contributed by atoms with Crippen LogP contribution in [0.15, 0.2) is 40.9 Å². The maximum atomic E-state index is 13.7. The van der Waals surface area contributed by atoms with Crippen molar-refractivity contribution >= 4 is 33.3 Å². The highest BCUT2D eigenvalue weighted by Crippen LogP contribution is 2.25. The van der Waals surface area contributed by atoms with Gasteiger partial charge < -0.3 is 14.8 Å². The van der Waals surface area contributed by atoms with Gasteiger partial charge in [-0.25, -0.2) is 4.39 Å².